The number of anilines is 2. The molecule has 1 amide bonds. The van der Waals surface area contributed by atoms with E-state index in [0.717, 1.165) is 5.56 Å². The normalized spacial score (nSPS) is 10.2. The Morgan fingerprint density at radius 1 is 1.13 bits per heavy atom. The maximum atomic E-state index is 12.5. The highest BCUT2D eigenvalue weighted by Gasteiger charge is 2.26. The number of nitrogens with zero attached hydrogens (tertiary/aromatic N) is 4. The molecule has 3 aromatic rings. The fraction of sp³-hybridized carbons (Fsp3) is 0.150. The number of hydrazine groups is 1. The van der Waals surface area contributed by atoms with Gasteiger partial charge in [-0.25, -0.2) is 9.97 Å². The zero-order chi connectivity index (χ0) is 21.5. The topological polar surface area (TPSA) is 123 Å². The van der Waals surface area contributed by atoms with E-state index in [0.29, 0.717) is 12.3 Å². The summed E-state index contributed by atoms with van der Waals surface area (Å²) >= 11 is 0. The van der Waals surface area contributed by atoms with E-state index in [-0.39, 0.29) is 22.9 Å². The van der Waals surface area contributed by atoms with Crippen LogP contribution in [0.2, 0.25) is 0 Å². The van der Waals surface area contributed by atoms with Crippen molar-refractivity contribution in [3.8, 4) is 5.75 Å². The first-order valence-electron chi connectivity index (χ1n) is 8.95. The highest BCUT2D eigenvalue weighted by molar-refractivity contribution is 5.97. The Balaban J connectivity index is 1.82. The Bertz CT molecular complexity index is 1040. The number of methoxy groups -OCH3 is 1. The SMILES string of the molecule is COc1ccccc1C(=O)NNc1ncnc(N(C)Cc2ccccc2)c1[N+](=O)[O-]. The van der Waals surface area contributed by atoms with Crippen LogP contribution in [0.5, 0.6) is 5.75 Å². The molecule has 2 N–H and O–H groups in total. The standard InChI is InChI=1S/C20H20N6O4/c1-25(12-14-8-4-3-5-9-14)19-17(26(28)29)18(21-13-22-19)23-24-20(27)15-10-6-7-11-16(15)30-2/h3-11,13H,12H2,1-2H3,(H,24,27)(H,21,22,23). The van der Waals surface area contributed by atoms with Crippen LogP contribution in [0.15, 0.2) is 60.9 Å². The Morgan fingerprint density at radius 2 is 1.83 bits per heavy atom. The van der Waals surface area contributed by atoms with Crippen molar-refractivity contribution >= 4 is 23.2 Å². The lowest BCUT2D eigenvalue weighted by atomic mass is 10.2. The van der Waals surface area contributed by atoms with Gasteiger partial charge >= 0.3 is 5.69 Å². The fourth-order valence-corrected chi connectivity index (χ4v) is 2.86. The second-order valence-corrected chi connectivity index (χ2v) is 6.27. The molecule has 0 saturated carbocycles. The summed E-state index contributed by atoms with van der Waals surface area (Å²) in [6, 6.07) is 16.1. The van der Waals surface area contributed by atoms with Crippen LogP contribution in [0.25, 0.3) is 0 Å². The highest BCUT2D eigenvalue weighted by Crippen LogP contribution is 2.31. The van der Waals surface area contributed by atoms with Gasteiger partial charge in [0.25, 0.3) is 5.91 Å². The minimum Gasteiger partial charge on any atom is -0.496 e. The number of ether oxygens (including phenoxy) is 1. The van der Waals surface area contributed by atoms with Gasteiger partial charge in [0.15, 0.2) is 0 Å². The van der Waals surface area contributed by atoms with Gasteiger partial charge in [0.2, 0.25) is 11.6 Å². The van der Waals surface area contributed by atoms with E-state index in [1.54, 1.807) is 36.2 Å². The minimum atomic E-state index is -0.589. The molecule has 0 fully saturated rings. The van der Waals surface area contributed by atoms with Crippen LogP contribution in [-0.2, 0) is 6.54 Å². The summed E-state index contributed by atoms with van der Waals surface area (Å²) in [5, 5.41) is 11.7. The predicted molar refractivity (Wildman–Crippen MR) is 111 cm³/mol. The first-order chi connectivity index (χ1) is 14.5. The number of hydrogen-bond acceptors (Lipinski definition) is 8. The molecule has 0 saturated heterocycles. The zero-order valence-electron chi connectivity index (χ0n) is 16.4. The molecule has 0 aliphatic rings. The average molecular weight is 408 g/mol. The summed E-state index contributed by atoms with van der Waals surface area (Å²) in [7, 11) is 3.14. The molecular weight excluding hydrogens is 388 g/mol. The summed E-state index contributed by atoms with van der Waals surface area (Å²) in [6.45, 7) is 0.408. The number of carbonyl (C=O) groups excluding carboxylic acids is 1. The highest BCUT2D eigenvalue weighted by atomic mass is 16.6. The van der Waals surface area contributed by atoms with Gasteiger partial charge in [-0.1, -0.05) is 42.5 Å². The van der Waals surface area contributed by atoms with Crippen molar-refractivity contribution in [1.82, 2.24) is 15.4 Å². The van der Waals surface area contributed by atoms with Gasteiger partial charge in [0, 0.05) is 13.6 Å². The van der Waals surface area contributed by atoms with Crippen molar-refractivity contribution in [2.24, 2.45) is 0 Å². The molecular formula is C20H20N6O4. The van der Waals surface area contributed by atoms with Crippen molar-refractivity contribution in [1.29, 1.82) is 0 Å². The van der Waals surface area contributed by atoms with E-state index in [1.165, 1.54) is 13.4 Å². The molecule has 154 valence electrons. The molecule has 1 aromatic heterocycles. The van der Waals surface area contributed by atoms with E-state index < -0.39 is 10.8 Å². The lowest BCUT2D eigenvalue weighted by Crippen LogP contribution is -2.31. The van der Waals surface area contributed by atoms with Crippen molar-refractivity contribution in [2.75, 3.05) is 24.5 Å². The second kappa shape index (κ2) is 9.32. The third kappa shape index (κ3) is 4.61. The van der Waals surface area contributed by atoms with Crippen LogP contribution >= 0.6 is 0 Å². The van der Waals surface area contributed by atoms with Gasteiger partial charge < -0.3 is 9.64 Å². The number of hydrogen-bond donors (Lipinski definition) is 2. The van der Waals surface area contributed by atoms with E-state index in [4.69, 9.17) is 4.74 Å². The van der Waals surface area contributed by atoms with E-state index in [9.17, 15) is 14.9 Å². The van der Waals surface area contributed by atoms with Crippen LogP contribution in [0, 0.1) is 10.1 Å². The molecule has 1 heterocycles. The van der Waals surface area contributed by atoms with Crippen LogP contribution in [-0.4, -0.2) is 35.0 Å². The smallest absolute Gasteiger partial charge is 0.355 e. The first kappa shape index (κ1) is 20.5. The van der Waals surface area contributed by atoms with Gasteiger partial charge in [-0.05, 0) is 17.7 Å². The molecule has 0 unspecified atom stereocenters. The van der Waals surface area contributed by atoms with Gasteiger partial charge in [-0.2, -0.15) is 0 Å². The van der Waals surface area contributed by atoms with Crippen molar-refractivity contribution in [2.45, 2.75) is 6.54 Å². The van der Waals surface area contributed by atoms with E-state index >= 15 is 0 Å². The number of amides is 1. The molecule has 0 aliphatic carbocycles. The van der Waals surface area contributed by atoms with Crippen LogP contribution in [0.3, 0.4) is 0 Å². The summed E-state index contributed by atoms with van der Waals surface area (Å²) < 4.78 is 5.16. The van der Waals surface area contributed by atoms with E-state index in [2.05, 4.69) is 20.8 Å². The van der Waals surface area contributed by atoms with Crippen molar-refractivity contribution in [3.63, 3.8) is 0 Å². The second-order valence-electron chi connectivity index (χ2n) is 6.27. The van der Waals surface area contributed by atoms with Gasteiger partial charge in [-0.3, -0.25) is 25.8 Å². The molecule has 0 bridgehead atoms. The zero-order valence-corrected chi connectivity index (χ0v) is 16.4. The third-order valence-corrected chi connectivity index (χ3v) is 4.26. The molecule has 0 aliphatic heterocycles. The minimum absolute atomic E-state index is 0.118. The molecule has 0 atom stereocenters. The summed E-state index contributed by atoms with van der Waals surface area (Å²) in [6.07, 6.45) is 1.20. The maximum absolute atomic E-state index is 12.5. The lowest BCUT2D eigenvalue weighted by molar-refractivity contribution is -0.383. The molecule has 3 rings (SSSR count). The van der Waals surface area contributed by atoms with Crippen LogP contribution < -0.4 is 20.5 Å². The molecule has 2 aromatic carbocycles. The van der Waals surface area contributed by atoms with E-state index in [1.807, 2.05) is 30.3 Å². The first-order valence-corrected chi connectivity index (χ1v) is 8.95. The quantitative estimate of drug-likeness (QED) is 0.431. The summed E-state index contributed by atoms with van der Waals surface area (Å²) in [5.74, 6) is -0.169. The monoisotopic (exact) mass is 408 g/mol. The third-order valence-electron chi connectivity index (χ3n) is 4.26. The average Bonchev–Trinajstić information content (AvgIpc) is 2.77. The fourth-order valence-electron chi connectivity index (χ4n) is 2.86. The number of rotatable bonds is 8. The number of benzene rings is 2. The number of aromatic nitrogens is 2. The molecule has 0 spiro atoms. The number of nitrogens with one attached hydrogen (secondary N) is 2. The molecule has 10 heteroatoms. The summed E-state index contributed by atoms with van der Waals surface area (Å²) in [4.78, 5) is 33.2. The Labute approximate surface area is 172 Å². The van der Waals surface area contributed by atoms with Crippen molar-refractivity contribution < 1.29 is 14.5 Å². The molecule has 10 nitrogen and oxygen atoms in total. The van der Waals surface area contributed by atoms with Gasteiger partial charge in [-0.15, -0.1) is 0 Å². The maximum Gasteiger partial charge on any atom is 0.355 e. The molecule has 30 heavy (non-hydrogen) atoms. The van der Waals surface area contributed by atoms with Crippen LogP contribution in [0.1, 0.15) is 15.9 Å². The number of carbonyl (C=O) groups is 1. The number of para-hydroxylation sites is 1. The van der Waals surface area contributed by atoms with Gasteiger partial charge in [0.1, 0.15) is 12.1 Å². The Kier molecular flexibility index (Phi) is 6.38. The Hall–Kier alpha value is -4.21. The van der Waals surface area contributed by atoms with Crippen molar-refractivity contribution in [3.05, 3.63) is 82.2 Å². The largest absolute Gasteiger partial charge is 0.496 e. The lowest BCUT2D eigenvalue weighted by Gasteiger charge is -2.19. The number of nitro groups is 1. The summed E-state index contributed by atoms with van der Waals surface area (Å²) in [5.41, 5.74) is 5.83. The molecule has 0 radical (unpaired) electrons. The van der Waals surface area contributed by atoms with Crippen LogP contribution in [0.4, 0.5) is 17.3 Å². The van der Waals surface area contributed by atoms with Gasteiger partial charge in [0.05, 0.1) is 17.6 Å². The predicted octanol–water partition coefficient (Wildman–Crippen LogP) is 2.79. The Morgan fingerprint density at radius 3 is 2.53 bits per heavy atom.